The van der Waals surface area contributed by atoms with Crippen LogP contribution < -0.4 is 10.8 Å². The summed E-state index contributed by atoms with van der Waals surface area (Å²) in [5, 5.41) is 11.2. The van der Waals surface area contributed by atoms with Gasteiger partial charge in [0.25, 0.3) is 5.91 Å². The van der Waals surface area contributed by atoms with Gasteiger partial charge < -0.3 is 23.9 Å². The second-order valence-corrected chi connectivity index (χ2v) is 9.05. The molecule has 184 valence electrons. The number of pyridine rings is 1. The van der Waals surface area contributed by atoms with Crippen LogP contribution in [-0.4, -0.2) is 51.6 Å². The van der Waals surface area contributed by atoms with Crippen molar-refractivity contribution < 1.29 is 18.8 Å². The molecule has 0 fully saturated rings. The highest BCUT2D eigenvalue weighted by atomic mass is 16.6. The van der Waals surface area contributed by atoms with E-state index in [0.717, 1.165) is 23.9 Å². The van der Waals surface area contributed by atoms with Gasteiger partial charge >= 0.3 is 7.12 Å². The number of carbonyl (C=O) groups is 1. The Hall–Kier alpha value is -3.08. The SMILES string of the molecule is CCOB(OC(C)(C)CC)c1ccc2c(c1)C(=O)Nc1cccc(n1)-c1nncn1CCCOC2. The molecule has 3 heterocycles. The van der Waals surface area contributed by atoms with Gasteiger partial charge in [-0.3, -0.25) is 4.79 Å². The summed E-state index contributed by atoms with van der Waals surface area (Å²) in [6.07, 6.45) is 3.28. The smallest absolute Gasteiger partial charge is 0.408 e. The van der Waals surface area contributed by atoms with E-state index in [1.54, 1.807) is 12.4 Å². The molecular formula is C25H32BN5O4. The Bertz CT molecular complexity index is 1170. The minimum atomic E-state index is -0.588. The molecule has 2 aromatic heterocycles. The van der Waals surface area contributed by atoms with Crippen LogP contribution in [0.2, 0.25) is 0 Å². The Balaban J connectivity index is 1.69. The maximum atomic E-state index is 13.4. The number of ether oxygens (including phenoxy) is 1. The molecule has 1 aliphatic rings. The molecule has 0 unspecified atom stereocenters. The van der Waals surface area contributed by atoms with Crippen molar-refractivity contribution in [2.75, 3.05) is 18.5 Å². The van der Waals surface area contributed by atoms with Crippen LogP contribution in [0.4, 0.5) is 5.82 Å². The second kappa shape index (κ2) is 11.1. The summed E-state index contributed by atoms with van der Waals surface area (Å²) >= 11 is 0. The van der Waals surface area contributed by atoms with Gasteiger partial charge in [0, 0.05) is 30.9 Å². The number of aryl methyl sites for hydroxylation is 1. The number of aromatic nitrogens is 4. The van der Waals surface area contributed by atoms with Crippen molar-refractivity contribution in [1.29, 1.82) is 0 Å². The highest BCUT2D eigenvalue weighted by molar-refractivity contribution is 6.61. The first-order valence-electron chi connectivity index (χ1n) is 12.1. The van der Waals surface area contributed by atoms with E-state index in [0.29, 0.717) is 49.3 Å². The van der Waals surface area contributed by atoms with Crippen molar-refractivity contribution in [3.63, 3.8) is 0 Å². The molecule has 1 N–H and O–H groups in total. The van der Waals surface area contributed by atoms with E-state index >= 15 is 0 Å². The topological polar surface area (TPSA) is 100 Å². The number of nitrogens with one attached hydrogen (secondary N) is 1. The average Bonchev–Trinajstić information content (AvgIpc) is 3.32. The number of nitrogens with zero attached hydrogens (tertiary/aromatic N) is 4. The molecular weight excluding hydrogens is 445 g/mol. The van der Waals surface area contributed by atoms with Crippen LogP contribution >= 0.6 is 0 Å². The zero-order chi connectivity index (χ0) is 24.8. The van der Waals surface area contributed by atoms with Crippen LogP contribution in [0.3, 0.4) is 0 Å². The Morgan fingerprint density at radius 3 is 2.89 bits per heavy atom. The van der Waals surface area contributed by atoms with E-state index in [4.69, 9.17) is 14.0 Å². The lowest BCUT2D eigenvalue weighted by molar-refractivity contribution is 0.0706. The maximum absolute atomic E-state index is 13.4. The number of hydrogen-bond acceptors (Lipinski definition) is 7. The van der Waals surface area contributed by atoms with Gasteiger partial charge in [0.1, 0.15) is 17.8 Å². The maximum Gasteiger partial charge on any atom is 0.494 e. The molecule has 0 spiro atoms. The monoisotopic (exact) mass is 477 g/mol. The first kappa shape index (κ1) is 25.0. The van der Waals surface area contributed by atoms with Crippen molar-refractivity contribution >= 4 is 24.3 Å². The minimum absolute atomic E-state index is 0.279. The van der Waals surface area contributed by atoms with E-state index < -0.39 is 7.12 Å². The summed E-state index contributed by atoms with van der Waals surface area (Å²) in [5.41, 5.74) is 2.33. The summed E-state index contributed by atoms with van der Waals surface area (Å²) in [5.74, 6) is 0.802. The Morgan fingerprint density at radius 2 is 2.09 bits per heavy atom. The minimum Gasteiger partial charge on any atom is -0.408 e. The molecule has 1 aromatic carbocycles. The number of anilines is 1. The van der Waals surface area contributed by atoms with Gasteiger partial charge in [-0.15, -0.1) is 10.2 Å². The van der Waals surface area contributed by atoms with Crippen LogP contribution in [0, 0.1) is 0 Å². The zero-order valence-electron chi connectivity index (χ0n) is 20.8. The lowest BCUT2D eigenvalue weighted by atomic mass is 9.76. The predicted molar refractivity (Wildman–Crippen MR) is 134 cm³/mol. The van der Waals surface area contributed by atoms with Gasteiger partial charge in [0.2, 0.25) is 0 Å². The van der Waals surface area contributed by atoms with E-state index in [1.165, 1.54) is 0 Å². The molecule has 0 saturated carbocycles. The summed E-state index contributed by atoms with van der Waals surface area (Å²) < 4.78 is 20.0. The highest BCUT2D eigenvalue weighted by Crippen LogP contribution is 2.20. The van der Waals surface area contributed by atoms with Crippen LogP contribution in [0.1, 0.15) is 56.5 Å². The quantitative estimate of drug-likeness (QED) is 0.543. The van der Waals surface area contributed by atoms with Crippen LogP contribution in [0.5, 0.6) is 0 Å². The molecule has 0 atom stereocenters. The third kappa shape index (κ3) is 6.14. The molecule has 0 radical (unpaired) electrons. The van der Waals surface area contributed by atoms with E-state index in [9.17, 15) is 4.79 Å². The molecule has 10 heteroatoms. The summed E-state index contributed by atoms with van der Waals surface area (Å²) in [4.78, 5) is 18.0. The number of carbonyl (C=O) groups excluding carboxylic acids is 1. The van der Waals surface area contributed by atoms with Gasteiger partial charge in [-0.1, -0.05) is 25.1 Å². The van der Waals surface area contributed by atoms with Crippen molar-refractivity contribution in [2.45, 2.75) is 59.3 Å². The molecule has 0 aliphatic carbocycles. The lowest BCUT2D eigenvalue weighted by Crippen LogP contribution is -2.44. The molecule has 0 saturated heterocycles. The third-order valence-electron chi connectivity index (χ3n) is 6.03. The first-order valence-corrected chi connectivity index (χ1v) is 12.1. The number of hydrogen-bond donors (Lipinski definition) is 1. The van der Waals surface area contributed by atoms with Crippen molar-refractivity contribution in [3.8, 4) is 11.5 Å². The van der Waals surface area contributed by atoms with Gasteiger partial charge in [-0.2, -0.15) is 0 Å². The standard InChI is InChI=1S/C25H32BN5O4/c1-5-25(3,4)35-26(34-6-2)19-12-11-18-16-33-14-8-13-31-17-27-30-23(31)21-9-7-10-22(28-21)29-24(32)20(18)15-19/h7,9-12,15,17H,5-6,8,13-14,16H2,1-4H3,(H,28,29,32). The zero-order valence-corrected chi connectivity index (χ0v) is 20.8. The van der Waals surface area contributed by atoms with E-state index in [1.807, 2.05) is 55.7 Å². The van der Waals surface area contributed by atoms with Crippen molar-refractivity contribution in [1.82, 2.24) is 19.7 Å². The number of rotatable bonds is 6. The largest absolute Gasteiger partial charge is 0.494 e. The van der Waals surface area contributed by atoms with Crippen molar-refractivity contribution in [3.05, 3.63) is 53.9 Å². The second-order valence-electron chi connectivity index (χ2n) is 9.05. The first-order chi connectivity index (χ1) is 16.9. The van der Waals surface area contributed by atoms with Gasteiger partial charge in [0.15, 0.2) is 5.82 Å². The Labute approximate surface area is 206 Å². The fourth-order valence-electron chi connectivity index (χ4n) is 3.75. The fraction of sp³-hybridized carbons (Fsp3) is 0.440. The average molecular weight is 477 g/mol. The number of fused-ring (bicyclic) bond motifs is 5. The highest BCUT2D eigenvalue weighted by Gasteiger charge is 2.30. The fourth-order valence-corrected chi connectivity index (χ4v) is 3.75. The lowest BCUT2D eigenvalue weighted by Gasteiger charge is -2.28. The summed E-state index contributed by atoms with van der Waals surface area (Å²) in [6.45, 7) is 10.1. The Morgan fingerprint density at radius 1 is 1.23 bits per heavy atom. The third-order valence-corrected chi connectivity index (χ3v) is 6.03. The van der Waals surface area contributed by atoms with Gasteiger partial charge in [0.05, 0.1) is 6.61 Å². The Kier molecular flexibility index (Phi) is 7.95. The van der Waals surface area contributed by atoms with Crippen molar-refractivity contribution in [2.24, 2.45) is 0 Å². The molecule has 1 aliphatic heterocycles. The normalized spacial score (nSPS) is 14.5. The van der Waals surface area contributed by atoms with Crippen LogP contribution in [-0.2, 0) is 27.2 Å². The van der Waals surface area contributed by atoms with Crippen LogP contribution in [0.25, 0.3) is 11.5 Å². The molecule has 35 heavy (non-hydrogen) atoms. The summed E-state index contributed by atoms with van der Waals surface area (Å²) in [7, 11) is -0.588. The molecule has 9 nitrogen and oxygen atoms in total. The van der Waals surface area contributed by atoms with E-state index in [-0.39, 0.29) is 11.5 Å². The number of amides is 1. The van der Waals surface area contributed by atoms with Gasteiger partial charge in [-0.05, 0) is 62.8 Å². The van der Waals surface area contributed by atoms with E-state index in [2.05, 4.69) is 27.4 Å². The summed E-state index contributed by atoms with van der Waals surface area (Å²) in [6, 6.07) is 11.1. The molecule has 1 amide bonds. The molecule has 4 rings (SSSR count). The predicted octanol–water partition coefficient (Wildman–Crippen LogP) is 3.45. The molecule has 2 bridgehead atoms. The molecule has 3 aromatic rings. The number of benzene rings is 1. The van der Waals surface area contributed by atoms with Gasteiger partial charge in [-0.25, -0.2) is 4.98 Å². The van der Waals surface area contributed by atoms with Crippen LogP contribution in [0.15, 0.2) is 42.7 Å².